The van der Waals surface area contributed by atoms with Gasteiger partial charge >= 0.3 is 0 Å². The molecule has 2 aliphatic rings. The Balaban J connectivity index is 1.34. The van der Waals surface area contributed by atoms with Crippen LogP contribution in [0, 0.1) is 0 Å². The first-order valence-corrected chi connectivity index (χ1v) is 12.5. The van der Waals surface area contributed by atoms with E-state index in [0.29, 0.717) is 0 Å². The summed E-state index contributed by atoms with van der Waals surface area (Å²) in [6, 6.07) is 20.9. The van der Waals surface area contributed by atoms with Gasteiger partial charge in [-0.2, -0.15) is 0 Å². The third kappa shape index (κ3) is 4.52. The molecule has 182 valence electrons. The van der Waals surface area contributed by atoms with Gasteiger partial charge in [-0.3, -0.25) is 4.98 Å². The van der Waals surface area contributed by atoms with Gasteiger partial charge in [0.25, 0.3) is 0 Å². The molecule has 1 saturated heterocycles. The number of furan rings is 1. The van der Waals surface area contributed by atoms with E-state index in [9.17, 15) is 0 Å². The van der Waals surface area contributed by atoms with Crippen molar-refractivity contribution in [2.75, 3.05) is 20.2 Å². The Morgan fingerprint density at radius 1 is 0.861 bits per heavy atom. The quantitative estimate of drug-likeness (QED) is 0.338. The van der Waals surface area contributed by atoms with Gasteiger partial charge < -0.3 is 19.3 Å². The van der Waals surface area contributed by atoms with E-state index < -0.39 is 0 Å². The number of ether oxygens (including phenoxy) is 1. The van der Waals surface area contributed by atoms with Crippen molar-refractivity contribution in [1.82, 2.24) is 10.3 Å². The van der Waals surface area contributed by atoms with E-state index in [0.717, 1.165) is 84.0 Å². The summed E-state index contributed by atoms with van der Waals surface area (Å²) >= 11 is 0. The normalized spacial score (nSPS) is 16.8. The third-order valence-corrected chi connectivity index (χ3v) is 6.96. The van der Waals surface area contributed by atoms with E-state index in [1.165, 1.54) is 11.1 Å². The Morgan fingerprint density at radius 2 is 1.64 bits per heavy atom. The fourth-order valence-electron chi connectivity index (χ4n) is 5.11. The van der Waals surface area contributed by atoms with Gasteiger partial charge in [0, 0.05) is 34.6 Å². The summed E-state index contributed by atoms with van der Waals surface area (Å²) in [5.41, 5.74) is 7.66. The summed E-state index contributed by atoms with van der Waals surface area (Å²) in [6.45, 7) is 2.03. The van der Waals surface area contributed by atoms with Crippen LogP contribution in [-0.2, 0) is 11.3 Å². The third-order valence-electron chi connectivity index (χ3n) is 6.96. The van der Waals surface area contributed by atoms with Crippen LogP contribution in [0.4, 0.5) is 0 Å². The SMILES string of the molecule is CON=C1CCc2cc(-c3cc(-c4ccc(OC5CCNCC5)cc4)oc3-c3ccncc3)ccc21. The van der Waals surface area contributed by atoms with E-state index >= 15 is 0 Å². The highest BCUT2D eigenvalue weighted by atomic mass is 16.6. The summed E-state index contributed by atoms with van der Waals surface area (Å²) in [6.07, 6.45) is 7.80. The van der Waals surface area contributed by atoms with Crippen LogP contribution in [-0.4, -0.2) is 37.0 Å². The highest BCUT2D eigenvalue weighted by Gasteiger charge is 2.22. The molecule has 4 aromatic rings. The number of aryl methyl sites for hydroxylation is 1. The number of pyridine rings is 1. The van der Waals surface area contributed by atoms with Crippen LogP contribution < -0.4 is 10.1 Å². The second-order valence-corrected chi connectivity index (χ2v) is 9.27. The van der Waals surface area contributed by atoms with Crippen molar-refractivity contribution in [3.8, 4) is 39.5 Å². The fourth-order valence-corrected chi connectivity index (χ4v) is 5.11. The lowest BCUT2D eigenvalue weighted by atomic mass is 9.98. The average Bonchev–Trinajstić information content (AvgIpc) is 3.55. The lowest BCUT2D eigenvalue weighted by Gasteiger charge is -2.23. The number of oxime groups is 1. The largest absolute Gasteiger partial charge is 0.490 e. The zero-order valence-corrected chi connectivity index (χ0v) is 20.4. The lowest BCUT2D eigenvalue weighted by molar-refractivity contribution is 0.162. The van der Waals surface area contributed by atoms with Crippen LogP contribution in [0.1, 0.15) is 30.4 Å². The number of aromatic nitrogens is 1. The first-order valence-electron chi connectivity index (χ1n) is 12.5. The number of hydrogen-bond donors (Lipinski definition) is 1. The van der Waals surface area contributed by atoms with E-state index in [2.05, 4.69) is 51.9 Å². The molecule has 2 aromatic carbocycles. The van der Waals surface area contributed by atoms with Crippen LogP contribution in [0.5, 0.6) is 5.75 Å². The maximum atomic E-state index is 6.49. The molecule has 0 unspecified atom stereocenters. The summed E-state index contributed by atoms with van der Waals surface area (Å²) in [5, 5.41) is 7.58. The smallest absolute Gasteiger partial charge is 0.142 e. The molecule has 1 aliphatic heterocycles. The van der Waals surface area contributed by atoms with Gasteiger partial charge in [0.1, 0.15) is 30.5 Å². The van der Waals surface area contributed by atoms with Crippen LogP contribution >= 0.6 is 0 Å². The molecule has 1 aliphatic carbocycles. The van der Waals surface area contributed by atoms with Gasteiger partial charge in [-0.05, 0) is 92.4 Å². The summed E-state index contributed by atoms with van der Waals surface area (Å²) in [7, 11) is 1.60. The molecule has 6 heteroatoms. The fraction of sp³-hybridized carbons (Fsp3) is 0.267. The second-order valence-electron chi connectivity index (χ2n) is 9.27. The Hall–Kier alpha value is -3.90. The molecule has 0 bridgehead atoms. The minimum Gasteiger partial charge on any atom is -0.490 e. The molecular weight excluding hydrogens is 450 g/mol. The standard InChI is InChI=1S/C30H29N3O3/c1-34-33-28-9-5-22-18-23(4-8-26(22)28)27-19-29(36-30(27)21-10-14-31-15-11-21)20-2-6-24(7-3-20)35-25-12-16-32-17-13-25/h2-4,6-8,10-11,14-15,18-19,25,32H,5,9,12-13,16-17H2,1H3. The molecule has 3 heterocycles. The van der Waals surface area contributed by atoms with Crippen LogP contribution in [0.3, 0.4) is 0 Å². The summed E-state index contributed by atoms with van der Waals surface area (Å²) in [4.78, 5) is 9.22. The van der Waals surface area contributed by atoms with E-state index in [1.54, 1.807) is 19.5 Å². The van der Waals surface area contributed by atoms with Crippen LogP contribution in [0.15, 0.2) is 82.6 Å². The number of benzene rings is 2. The van der Waals surface area contributed by atoms with E-state index in [1.807, 2.05) is 24.3 Å². The number of nitrogens with one attached hydrogen (secondary N) is 1. The van der Waals surface area contributed by atoms with Gasteiger partial charge in [-0.25, -0.2) is 0 Å². The number of piperidine rings is 1. The van der Waals surface area contributed by atoms with Crippen molar-refractivity contribution < 1.29 is 14.0 Å². The predicted octanol–water partition coefficient (Wildman–Crippen LogP) is 6.10. The first kappa shape index (κ1) is 22.6. The lowest BCUT2D eigenvalue weighted by Crippen LogP contribution is -2.34. The summed E-state index contributed by atoms with van der Waals surface area (Å²) < 4.78 is 12.7. The van der Waals surface area contributed by atoms with Gasteiger partial charge in [-0.1, -0.05) is 23.4 Å². The number of nitrogens with zero attached hydrogens (tertiary/aromatic N) is 2. The van der Waals surface area contributed by atoms with Gasteiger partial charge in [0.05, 0.1) is 5.71 Å². The predicted molar refractivity (Wildman–Crippen MR) is 141 cm³/mol. The molecule has 0 saturated carbocycles. The second kappa shape index (κ2) is 9.99. The highest BCUT2D eigenvalue weighted by molar-refractivity contribution is 6.04. The van der Waals surface area contributed by atoms with E-state index in [-0.39, 0.29) is 6.10 Å². The Kier molecular flexibility index (Phi) is 6.26. The Morgan fingerprint density at radius 3 is 2.42 bits per heavy atom. The zero-order chi connectivity index (χ0) is 24.3. The molecule has 6 nitrogen and oxygen atoms in total. The minimum absolute atomic E-state index is 0.278. The zero-order valence-electron chi connectivity index (χ0n) is 20.4. The summed E-state index contributed by atoms with van der Waals surface area (Å²) in [5.74, 6) is 2.57. The molecule has 0 amide bonds. The molecule has 6 rings (SSSR count). The van der Waals surface area contributed by atoms with Crippen molar-refractivity contribution in [3.05, 3.63) is 84.2 Å². The van der Waals surface area contributed by atoms with Crippen LogP contribution in [0.2, 0.25) is 0 Å². The molecule has 2 aromatic heterocycles. The highest BCUT2D eigenvalue weighted by Crippen LogP contribution is 2.40. The minimum atomic E-state index is 0.278. The Labute approximate surface area is 211 Å². The Bertz CT molecular complexity index is 1370. The molecule has 0 spiro atoms. The van der Waals surface area contributed by atoms with Crippen molar-refractivity contribution >= 4 is 5.71 Å². The van der Waals surface area contributed by atoms with Gasteiger partial charge in [0.15, 0.2) is 0 Å². The number of hydrogen-bond acceptors (Lipinski definition) is 6. The molecular formula is C30H29N3O3. The number of fused-ring (bicyclic) bond motifs is 1. The molecule has 0 radical (unpaired) electrons. The first-order chi connectivity index (χ1) is 17.8. The molecule has 1 fully saturated rings. The molecule has 0 atom stereocenters. The molecule has 36 heavy (non-hydrogen) atoms. The van der Waals surface area contributed by atoms with Crippen molar-refractivity contribution in [2.24, 2.45) is 5.16 Å². The van der Waals surface area contributed by atoms with Gasteiger partial charge in [-0.15, -0.1) is 0 Å². The maximum Gasteiger partial charge on any atom is 0.142 e. The topological polar surface area (TPSA) is 68.9 Å². The maximum absolute atomic E-state index is 6.49. The van der Waals surface area contributed by atoms with Gasteiger partial charge in [0.2, 0.25) is 0 Å². The van der Waals surface area contributed by atoms with Crippen molar-refractivity contribution in [1.29, 1.82) is 0 Å². The average molecular weight is 480 g/mol. The van der Waals surface area contributed by atoms with E-state index in [4.69, 9.17) is 14.0 Å². The van der Waals surface area contributed by atoms with Crippen LogP contribution in [0.25, 0.3) is 33.8 Å². The van der Waals surface area contributed by atoms with Crippen molar-refractivity contribution in [3.63, 3.8) is 0 Å². The monoisotopic (exact) mass is 479 g/mol. The van der Waals surface area contributed by atoms with Crippen molar-refractivity contribution in [2.45, 2.75) is 31.8 Å². The number of rotatable bonds is 6. The molecule has 1 N–H and O–H groups in total.